The predicted molar refractivity (Wildman–Crippen MR) is 132 cm³/mol. The lowest BCUT2D eigenvalue weighted by Gasteiger charge is -2.11. The van der Waals surface area contributed by atoms with Crippen LogP contribution >= 0.6 is 0 Å². The molecule has 0 aliphatic carbocycles. The summed E-state index contributed by atoms with van der Waals surface area (Å²) in [5, 5.41) is 10.3. The molecular weight excluding hydrogens is 464 g/mol. The van der Waals surface area contributed by atoms with Crippen molar-refractivity contribution in [3.63, 3.8) is 0 Å². The first kappa shape index (κ1) is 22.8. The van der Waals surface area contributed by atoms with Crippen molar-refractivity contribution in [2.24, 2.45) is 5.73 Å². The van der Waals surface area contributed by atoms with Gasteiger partial charge in [0.1, 0.15) is 23.6 Å². The van der Waals surface area contributed by atoms with E-state index in [0.717, 1.165) is 5.69 Å². The van der Waals surface area contributed by atoms with Crippen molar-refractivity contribution < 1.29 is 18.9 Å². The Labute approximate surface area is 204 Å². The number of pyridine rings is 1. The number of hydrogen-bond acceptors (Lipinski definition) is 10. The van der Waals surface area contributed by atoms with E-state index in [9.17, 15) is 4.79 Å². The number of nitrogens with zero attached hydrogens (tertiary/aromatic N) is 5. The second-order valence-electron chi connectivity index (χ2n) is 7.72. The molecule has 0 bridgehead atoms. The summed E-state index contributed by atoms with van der Waals surface area (Å²) in [6.07, 6.45) is 1.59. The van der Waals surface area contributed by atoms with Crippen LogP contribution in [-0.4, -0.2) is 43.9 Å². The minimum atomic E-state index is -0.177. The number of amides is 1. The molecule has 12 heteroatoms. The van der Waals surface area contributed by atoms with Crippen molar-refractivity contribution in [1.82, 2.24) is 24.8 Å². The van der Waals surface area contributed by atoms with E-state index >= 15 is 0 Å². The van der Waals surface area contributed by atoms with Gasteiger partial charge in [0, 0.05) is 37.0 Å². The molecule has 5 N–H and O–H groups in total. The number of carbonyl (C=O) groups is 1. The van der Waals surface area contributed by atoms with Crippen LogP contribution in [0, 0.1) is 0 Å². The number of nitrogen functional groups attached to an aromatic ring is 1. The molecule has 5 aromatic rings. The van der Waals surface area contributed by atoms with Gasteiger partial charge >= 0.3 is 0 Å². The minimum Gasteiger partial charge on any atom is -0.492 e. The Morgan fingerprint density at radius 2 is 1.94 bits per heavy atom. The maximum Gasteiger partial charge on any atom is 0.221 e. The minimum absolute atomic E-state index is 0.105. The molecule has 3 aromatic heterocycles. The average molecular weight is 486 g/mol. The summed E-state index contributed by atoms with van der Waals surface area (Å²) in [7, 11) is 0. The number of rotatable bonds is 8. The smallest absolute Gasteiger partial charge is 0.221 e. The molecule has 0 spiro atoms. The fraction of sp³-hybridized carbons (Fsp3) is 0.125. The van der Waals surface area contributed by atoms with Crippen LogP contribution in [0.1, 0.15) is 6.92 Å². The van der Waals surface area contributed by atoms with Crippen LogP contribution in [-0.2, 0) is 4.79 Å². The van der Waals surface area contributed by atoms with Crippen molar-refractivity contribution in [1.29, 1.82) is 0 Å². The van der Waals surface area contributed by atoms with Crippen LogP contribution in [0.15, 0.2) is 65.4 Å². The van der Waals surface area contributed by atoms with Crippen molar-refractivity contribution >= 4 is 28.4 Å². The molecule has 0 radical (unpaired) electrons. The quantitative estimate of drug-likeness (QED) is 0.296. The third-order valence-corrected chi connectivity index (χ3v) is 5.10. The number of anilines is 2. The standard InChI is InChI=1S/C24H22N8O4/c1-14(33)28-15-3-2-4-18(11-15)35-21-12-20-19(13-27-21)29-24(22-23(26)31-36-30-22)32(20)16-5-7-17(8-6-16)34-10-9-25/h2-8,11-13H,9-10,25H2,1H3,(H2,26,31)(H,28,33). The fourth-order valence-corrected chi connectivity index (χ4v) is 3.62. The van der Waals surface area contributed by atoms with E-state index in [1.807, 2.05) is 28.8 Å². The van der Waals surface area contributed by atoms with E-state index in [2.05, 4.69) is 25.6 Å². The van der Waals surface area contributed by atoms with Gasteiger partial charge < -0.3 is 26.3 Å². The number of aromatic nitrogens is 5. The van der Waals surface area contributed by atoms with E-state index in [-0.39, 0.29) is 11.7 Å². The summed E-state index contributed by atoms with van der Waals surface area (Å²) >= 11 is 0. The van der Waals surface area contributed by atoms with Crippen molar-refractivity contribution in [3.8, 4) is 34.6 Å². The second-order valence-corrected chi connectivity index (χ2v) is 7.72. The Morgan fingerprint density at radius 1 is 1.11 bits per heavy atom. The number of imidazole rings is 1. The van der Waals surface area contributed by atoms with E-state index in [4.69, 9.17) is 25.6 Å². The summed E-state index contributed by atoms with van der Waals surface area (Å²) in [5.74, 6) is 1.86. The topological polar surface area (TPSA) is 169 Å². The Morgan fingerprint density at radius 3 is 2.67 bits per heavy atom. The normalized spacial score (nSPS) is 10.9. The molecule has 0 atom stereocenters. The molecule has 0 unspecified atom stereocenters. The zero-order valence-corrected chi connectivity index (χ0v) is 19.2. The fourth-order valence-electron chi connectivity index (χ4n) is 3.62. The molecule has 0 aliphatic heterocycles. The third-order valence-electron chi connectivity index (χ3n) is 5.10. The summed E-state index contributed by atoms with van der Waals surface area (Å²) in [5.41, 5.74) is 14.4. The average Bonchev–Trinajstić information content (AvgIpc) is 3.45. The zero-order chi connectivity index (χ0) is 25.1. The molecule has 36 heavy (non-hydrogen) atoms. The lowest BCUT2D eigenvalue weighted by Crippen LogP contribution is -2.10. The molecule has 1 amide bonds. The first-order valence-corrected chi connectivity index (χ1v) is 11.0. The van der Waals surface area contributed by atoms with Crippen molar-refractivity contribution in [3.05, 3.63) is 60.8 Å². The lowest BCUT2D eigenvalue weighted by molar-refractivity contribution is -0.114. The predicted octanol–water partition coefficient (Wildman–Crippen LogP) is 3.14. The van der Waals surface area contributed by atoms with Crippen LogP contribution in [0.25, 0.3) is 28.2 Å². The van der Waals surface area contributed by atoms with Gasteiger partial charge in [-0.3, -0.25) is 9.36 Å². The van der Waals surface area contributed by atoms with Crippen LogP contribution in [0.2, 0.25) is 0 Å². The van der Waals surface area contributed by atoms with Gasteiger partial charge in [-0.15, -0.1) is 0 Å². The monoisotopic (exact) mass is 486 g/mol. The largest absolute Gasteiger partial charge is 0.492 e. The van der Waals surface area contributed by atoms with Crippen LogP contribution in [0.5, 0.6) is 17.4 Å². The molecule has 12 nitrogen and oxygen atoms in total. The highest BCUT2D eigenvalue weighted by atomic mass is 16.6. The van der Waals surface area contributed by atoms with Crippen LogP contribution in [0.3, 0.4) is 0 Å². The Balaban J connectivity index is 1.57. The molecule has 5 rings (SSSR count). The van der Waals surface area contributed by atoms with Crippen LogP contribution < -0.4 is 26.3 Å². The van der Waals surface area contributed by atoms with Gasteiger partial charge in [0.2, 0.25) is 11.8 Å². The van der Waals surface area contributed by atoms with Gasteiger partial charge in [-0.25, -0.2) is 14.6 Å². The second kappa shape index (κ2) is 9.72. The molecule has 0 saturated carbocycles. The van der Waals surface area contributed by atoms with Crippen molar-refractivity contribution in [2.45, 2.75) is 6.92 Å². The Bertz CT molecular complexity index is 1530. The molecular formula is C24H22N8O4. The van der Waals surface area contributed by atoms with Crippen LogP contribution in [0.4, 0.5) is 11.5 Å². The van der Waals surface area contributed by atoms with E-state index < -0.39 is 0 Å². The van der Waals surface area contributed by atoms with Gasteiger partial charge in [-0.1, -0.05) is 6.07 Å². The first-order chi connectivity index (χ1) is 17.5. The van der Waals surface area contributed by atoms with Gasteiger partial charge in [0.15, 0.2) is 17.3 Å². The van der Waals surface area contributed by atoms with E-state index in [1.54, 1.807) is 36.5 Å². The van der Waals surface area contributed by atoms with Gasteiger partial charge in [-0.2, -0.15) is 0 Å². The summed E-state index contributed by atoms with van der Waals surface area (Å²) in [6, 6.07) is 16.2. The number of benzene rings is 2. The summed E-state index contributed by atoms with van der Waals surface area (Å²) in [4.78, 5) is 20.4. The number of hydrogen-bond donors (Lipinski definition) is 3. The highest BCUT2D eigenvalue weighted by molar-refractivity contribution is 5.89. The van der Waals surface area contributed by atoms with E-state index in [0.29, 0.717) is 58.8 Å². The molecule has 2 aromatic carbocycles. The maximum absolute atomic E-state index is 11.4. The summed E-state index contributed by atoms with van der Waals surface area (Å²) in [6.45, 7) is 2.27. The SMILES string of the molecule is CC(=O)Nc1cccc(Oc2cc3c(cn2)nc(-c2nonc2N)n3-c2ccc(OCCN)cc2)c1. The number of ether oxygens (including phenoxy) is 2. The molecule has 3 heterocycles. The molecule has 0 aliphatic rings. The number of nitrogens with one attached hydrogen (secondary N) is 1. The highest BCUT2D eigenvalue weighted by Gasteiger charge is 2.21. The highest BCUT2D eigenvalue weighted by Crippen LogP contribution is 2.33. The zero-order valence-electron chi connectivity index (χ0n) is 19.2. The summed E-state index contributed by atoms with van der Waals surface area (Å²) < 4.78 is 18.2. The molecule has 0 saturated heterocycles. The number of nitrogens with two attached hydrogens (primary N) is 2. The molecule has 0 fully saturated rings. The van der Waals surface area contributed by atoms with Crippen molar-refractivity contribution in [2.75, 3.05) is 24.2 Å². The Kier molecular flexibility index (Phi) is 6.16. The van der Waals surface area contributed by atoms with Gasteiger partial charge in [0.05, 0.1) is 11.7 Å². The number of carbonyl (C=O) groups excluding carboxylic acids is 1. The Hall–Kier alpha value is -4.97. The van der Waals surface area contributed by atoms with Gasteiger partial charge in [0.25, 0.3) is 0 Å². The van der Waals surface area contributed by atoms with E-state index in [1.165, 1.54) is 6.92 Å². The van der Waals surface area contributed by atoms with Gasteiger partial charge in [-0.05, 0) is 46.7 Å². The molecule has 182 valence electrons. The third kappa shape index (κ3) is 4.65. The first-order valence-electron chi connectivity index (χ1n) is 11.0. The maximum atomic E-state index is 11.4. The lowest BCUT2D eigenvalue weighted by atomic mass is 10.2. The number of fused-ring (bicyclic) bond motifs is 1.